The number of nitrogen functional groups attached to an aromatic ring is 1. The zero-order valence-electron chi connectivity index (χ0n) is 17.8. The molecule has 0 aliphatic carbocycles. The molecular weight excluding hydrogens is 416 g/mol. The van der Waals surface area contributed by atoms with Crippen molar-refractivity contribution >= 4 is 23.2 Å². The molecule has 0 bridgehead atoms. The van der Waals surface area contributed by atoms with Crippen LogP contribution in [0.4, 0.5) is 17.2 Å². The molecule has 166 valence electrons. The van der Waals surface area contributed by atoms with E-state index in [1.165, 1.54) is 18.8 Å². The van der Waals surface area contributed by atoms with E-state index in [2.05, 4.69) is 4.99 Å². The summed E-state index contributed by atoms with van der Waals surface area (Å²) in [5, 5.41) is 11.9. The van der Waals surface area contributed by atoms with Crippen LogP contribution in [0.25, 0.3) is 5.69 Å². The van der Waals surface area contributed by atoms with E-state index in [0.717, 1.165) is 6.07 Å². The Morgan fingerprint density at radius 3 is 2.12 bits per heavy atom. The number of pyridine rings is 1. The average Bonchev–Trinajstić information content (AvgIpc) is 2.80. The van der Waals surface area contributed by atoms with Crippen molar-refractivity contribution in [3.8, 4) is 17.2 Å². The third-order valence-corrected chi connectivity index (χ3v) is 4.57. The van der Waals surface area contributed by atoms with Crippen molar-refractivity contribution in [2.24, 2.45) is 4.99 Å². The van der Waals surface area contributed by atoms with Gasteiger partial charge >= 0.3 is 11.7 Å². The Balaban J connectivity index is 2.38. The summed E-state index contributed by atoms with van der Waals surface area (Å²) >= 11 is 0. The summed E-state index contributed by atoms with van der Waals surface area (Å²) in [4.78, 5) is 28.2. The molecule has 0 atom stereocenters. The van der Waals surface area contributed by atoms with Crippen molar-refractivity contribution in [3.05, 3.63) is 75.8 Å². The number of ether oxygens (including phenoxy) is 3. The zero-order valence-corrected chi connectivity index (χ0v) is 17.8. The third-order valence-electron chi connectivity index (χ3n) is 4.57. The lowest BCUT2D eigenvalue weighted by molar-refractivity contribution is -0.386. The second-order valence-electron chi connectivity index (χ2n) is 6.47. The summed E-state index contributed by atoms with van der Waals surface area (Å²) in [6, 6.07) is 14.4. The first kappa shape index (κ1) is 22.3. The highest BCUT2D eigenvalue weighted by Gasteiger charge is 2.24. The predicted octanol–water partition coefficient (Wildman–Crippen LogP) is 3.39. The summed E-state index contributed by atoms with van der Waals surface area (Å²) in [6.07, 6.45) is 0. The molecule has 2 aromatic carbocycles. The molecule has 0 saturated heterocycles. The summed E-state index contributed by atoms with van der Waals surface area (Å²) in [6.45, 7) is 1.72. The van der Waals surface area contributed by atoms with Crippen molar-refractivity contribution in [2.75, 3.05) is 26.6 Å². The Bertz CT molecular complexity index is 1200. The SMILES string of the molecule is CCOC(=O)c1cc([N+](=O)[O-])c(=Nc2ccc(OC)cc2)n(-c2ccc(OC)cc2)c1N. The molecule has 10 nitrogen and oxygen atoms in total. The number of nitrogens with two attached hydrogens (primary N) is 1. The number of anilines is 1. The van der Waals surface area contributed by atoms with E-state index >= 15 is 0 Å². The van der Waals surface area contributed by atoms with Crippen LogP contribution < -0.4 is 20.7 Å². The van der Waals surface area contributed by atoms with E-state index in [9.17, 15) is 14.9 Å². The summed E-state index contributed by atoms with van der Waals surface area (Å²) in [7, 11) is 3.05. The summed E-state index contributed by atoms with van der Waals surface area (Å²) in [5.41, 5.74) is 6.59. The molecule has 0 saturated carbocycles. The maximum absolute atomic E-state index is 12.5. The van der Waals surface area contributed by atoms with E-state index < -0.39 is 16.6 Å². The van der Waals surface area contributed by atoms with Gasteiger partial charge in [-0.25, -0.2) is 9.79 Å². The van der Waals surface area contributed by atoms with Gasteiger partial charge < -0.3 is 19.9 Å². The normalized spacial score (nSPS) is 11.2. The van der Waals surface area contributed by atoms with Gasteiger partial charge in [0.1, 0.15) is 22.9 Å². The van der Waals surface area contributed by atoms with E-state index in [1.807, 2.05) is 0 Å². The molecule has 10 heteroatoms. The number of nitro groups is 1. The number of esters is 1. The molecule has 32 heavy (non-hydrogen) atoms. The Hall–Kier alpha value is -4.34. The number of methoxy groups -OCH3 is 2. The average molecular weight is 438 g/mol. The van der Waals surface area contributed by atoms with Crippen LogP contribution in [-0.4, -0.2) is 36.3 Å². The molecule has 3 rings (SSSR count). The van der Waals surface area contributed by atoms with Gasteiger partial charge in [-0.3, -0.25) is 14.7 Å². The highest BCUT2D eigenvalue weighted by molar-refractivity contribution is 5.95. The number of rotatable bonds is 7. The van der Waals surface area contributed by atoms with Crippen molar-refractivity contribution in [3.63, 3.8) is 0 Å². The number of nitrogens with zero attached hydrogens (tertiary/aromatic N) is 3. The number of carbonyl (C=O) groups excluding carboxylic acids is 1. The topological polar surface area (TPSA) is 131 Å². The first-order valence-electron chi connectivity index (χ1n) is 9.59. The molecule has 2 N–H and O–H groups in total. The van der Waals surface area contributed by atoms with Gasteiger partial charge in [0, 0.05) is 11.8 Å². The fourth-order valence-corrected chi connectivity index (χ4v) is 3.01. The third kappa shape index (κ3) is 4.53. The molecule has 0 aliphatic rings. The number of aromatic nitrogens is 1. The Morgan fingerprint density at radius 1 is 1.06 bits per heavy atom. The predicted molar refractivity (Wildman–Crippen MR) is 118 cm³/mol. The van der Waals surface area contributed by atoms with E-state index in [0.29, 0.717) is 22.9 Å². The maximum atomic E-state index is 12.5. The molecule has 0 aliphatic heterocycles. The minimum Gasteiger partial charge on any atom is -0.497 e. The first-order chi connectivity index (χ1) is 15.4. The minimum atomic E-state index is -0.772. The molecule has 0 spiro atoms. The van der Waals surface area contributed by atoms with Crippen LogP contribution in [-0.2, 0) is 4.74 Å². The standard InChI is InChI=1S/C22H22N4O6/c1-4-32-22(27)18-13-19(26(28)29)21(24-14-5-9-16(30-2)10-6-14)25(20(18)23)15-7-11-17(31-3)12-8-15/h5-13H,4,23H2,1-3H3. The minimum absolute atomic E-state index is 0.0496. The quantitative estimate of drug-likeness (QED) is 0.340. The molecule has 0 radical (unpaired) electrons. The largest absolute Gasteiger partial charge is 0.497 e. The van der Waals surface area contributed by atoms with Gasteiger partial charge in [0.05, 0.1) is 31.4 Å². The van der Waals surface area contributed by atoms with Crippen molar-refractivity contribution in [2.45, 2.75) is 6.92 Å². The van der Waals surface area contributed by atoms with Gasteiger partial charge in [-0.2, -0.15) is 0 Å². The monoisotopic (exact) mass is 438 g/mol. The van der Waals surface area contributed by atoms with Crippen LogP contribution >= 0.6 is 0 Å². The van der Waals surface area contributed by atoms with Crippen LogP contribution in [0.15, 0.2) is 59.6 Å². The fourth-order valence-electron chi connectivity index (χ4n) is 3.01. The lowest BCUT2D eigenvalue weighted by Gasteiger charge is -2.15. The van der Waals surface area contributed by atoms with Crippen LogP contribution in [0, 0.1) is 10.1 Å². The molecule has 3 aromatic rings. The highest BCUT2D eigenvalue weighted by atomic mass is 16.6. The Morgan fingerprint density at radius 2 is 1.62 bits per heavy atom. The number of benzene rings is 2. The lowest BCUT2D eigenvalue weighted by Crippen LogP contribution is -2.28. The van der Waals surface area contributed by atoms with Crippen molar-refractivity contribution in [1.82, 2.24) is 4.57 Å². The summed E-state index contributed by atoms with van der Waals surface area (Å²) in [5.74, 6) is 0.370. The molecule has 1 aromatic heterocycles. The Labute approximate surface area is 183 Å². The van der Waals surface area contributed by atoms with Gasteiger partial charge in [0.2, 0.25) is 5.49 Å². The lowest BCUT2D eigenvalue weighted by atomic mass is 10.2. The number of hydrogen-bond acceptors (Lipinski definition) is 8. The van der Waals surface area contributed by atoms with Gasteiger partial charge in [0.15, 0.2) is 0 Å². The van der Waals surface area contributed by atoms with Crippen LogP contribution in [0.2, 0.25) is 0 Å². The van der Waals surface area contributed by atoms with E-state index in [-0.39, 0.29) is 23.5 Å². The Kier molecular flexibility index (Phi) is 6.74. The molecule has 0 fully saturated rings. The van der Waals surface area contributed by atoms with Crippen LogP contribution in [0.1, 0.15) is 17.3 Å². The van der Waals surface area contributed by atoms with Crippen LogP contribution in [0.3, 0.4) is 0 Å². The fraction of sp³-hybridized carbons (Fsp3) is 0.182. The smallest absolute Gasteiger partial charge is 0.342 e. The molecule has 0 unspecified atom stereocenters. The second kappa shape index (κ2) is 9.65. The van der Waals surface area contributed by atoms with Gasteiger partial charge in [-0.1, -0.05) is 0 Å². The highest BCUT2D eigenvalue weighted by Crippen LogP contribution is 2.24. The van der Waals surface area contributed by atoms with Crippen LogP contribution in [0.5, 0.6) is 11.5 Å². The van der Waals surface area contributed by atoms with Gasteiger partial charge in [-0.15, -0.1) is 0 Å². The molecule has 0 amide bonds. The first-order valence-corrected chi connectivity index (χ1v) is 9.59. The van der Waals surface area contributed by atoms with E-state index in [4.69, 9.17) is 19.9 Å². The number of carbonyl (C=O) groups is 1. The van der Waals surface area contributed by atoms with Crippen molar-refractivity contribution < 1.29 is 23.9 Å². The maximum Gasteiger partial charge on any atom is 0.342 e. The zero-order chi connectivity index (χ0) is 23.3. The number of hydrogen-bond donors (Lipinski definition) is 1. The van der Waals surface area contributed by atoms with E-state index in [1.54, 1.807) is 55.5 Å². The molecule has 1 heterocycles. The van der Waals surface area contributed by atoms with Gasteiger partial charge in [-0.05, 0) is 55.5 Å². The van der Waals surface area contributed by atoms with Crippen molar-refractivity contribution in [1.29, 1.82) is 0 Å². The molecular formula is C22H22N4O6. The summed E-state index contributed by atoms with van der Waals surface area (Å²) < 4.78 is 16.7. The van der Waals surface area contributed by atoms with Gasteiger partial charge in [0.25, 0.3) is 0 Å². The second-order valence-corrected chi connectivity index (χ2v) is 6.47.